The minimum absolute atomic E-state index is 0.0737. The van der Waals surface area contributed by atoms with Gasteiger partial charge in [0.25, 0.3) is 5.91 Å². The Balaban J connectivity index is 1.72. The minimum atomic E-state index is -0.791. The summed E-state index contributed by atoms with van der Waals surface area (Å²) < 4.78 is 5.27. The second-order valence-corrected chi connectivity index (χ2v) is 7.53. The number of hydrogen-bond acceptors (Lipinski definition) is 4. The molecule has 2 heterocycles. The lowest BCUT2D eigenvalue weighted by Crippen LogP contribution is -2.53. The highest BCUT2D eigenvalue weighted by Gasteiger charge is 2.54. The highest BCUT2D eigenvalue weighted by molar-refractivity contribution is 6.07. The Morgan fingerprint density at radius 1 is 1.23 bits per heavy atom. The summed E-state index contributed by atoms with van der Waals surface area (Å²) in [5.74, 6) is -0.0684. The molecule has 1 saturated heterocycles. The Bertz CT molecular complexity index is 964. The Labute approximate surface area is 151 Å². The van der Waals surface area contributed by atoms with E-state index in [-0.39, 0.29) is 24.4 Å². The number of carbonyl (C=O) groups excluding carboxylic acids is 2. The molecule has 4 rings (SSSR count). The zero-order valence-electron chi connectivity index (χ0n) is 15.0. The van der Waals surface area contributed by atoms with Gasteiger partial charge in [0, 0.05) is 11.5 Å². The SMILES string of the molecule is Cc1ccc2c(CN3C(=O)N[C@@]4(CCCC[C@H]4C)C3=O)cc(=O)oc2c1. The number of imide groups is 1. The molecule has 1 spiro atoms. The van der Waals surface area contributed by atoms with Crippen LogP contribution in [0.5, 0.6) is 0 Å². The third-order valence-corrected chi connectivity index (χ3v) is 5.82. The van der Waals surface area contributed by atoms with Gasteiger partial charge in [-0.1, -0.05) is 31.9 Å². The standard InChI is InChI=1S/C20H22N2O4/c1-12-6-7-15-14(10-17(23)26-16(15)9-12)11-22-18(24)20(21-19(22)25)8-4-3-5-13(20)2/h6-7,9-10,13H,3-5,8,11H2,1-2H3,(H,21,25)/t13-,20-/m1/s1. The van der Waals surface area contributed by atoms with Crippen molar-refractivity contribution in [1.29, 1.82) is 0 Å². The smallest absolute Gasteiger partial charge is 0.336 e. The number of urea groups is 1. The van der Waals surface area contributed by atoms with E-state index in [0.29, 0.717) is 17.6 Å². The maximum atomic E-state index is 13.1. The fourth-order valence-electron chi connectivity index (χ4n) is 4.28. The first-order valence-electron chi connectivity index (χ1n) is 9.08. The zero-order chi connectivity index (χ0) is 18.5. The van der Waals surface area contributed by atoms with Crippen LogP contribution in [0, 0.1) is 12.8 Å². The topological polar surface area (TPSA) is 79.6 Å². The lowest BCUT2D eigenvalue weighted by Gasteiger charge is -2.36. The second kappa shape index (κ2) is 5.97. The number of nitrogens with one attached hydrogen (secondary N) is 1. The van der Waals surface area contributed by atoms with Crippen LogP contribution in [-0.4, -0.2) is 22.4 Å². The summed E-state index contributed by atoms with van der Waals surface area (Å²) in [6.45, 7) is 4.01. The van der Waals surface area contributed by atoms with E-state index in [1.165, 1.54) is 11.0 Å². The Hall–Kier alpha value is -2.63. The Morgan fingerprint density at radius 2 is 2.04 bits per heavy atom. The summed E-state index contributed by atoms with van der Waals surface area (Å²) in [5.41, 5.74) is 0.801. The fraction of sp³-hybridized carbons (Fsp3) is 0.450. The average molecular weight is 354 g/mol. The normalized spacial score (nSPS) is 25.9. The van der Waals surface area contributed by atoms with E-state index < -0.39 is 11.2 Å². The van der Waals surface area contributed by atoms with Crippen LogP contribution in [0.25, 0.3) is 11.0 Å². The molecule has 0 radical (unpaired) electrons. The molecular formula is C20H22N2O4. The van der Waals surface area contributed by atoms with E-state index in [4.69, 9.17) is 4.42 Å². The second-order valence-electron chi connectivity index (χ2n) is 7.53. The van der Waals surface area contributed by atoms with Crippen molar-refractivity contribution in [3.05, 3.63) is 45.8 Å². The molecule has 1 aromatic carbocycles. The van der Waals surface area contributed by atoms with E-state index in [1.54, 1.807) is 6.07 Å². The molecule has 0 unspecified atom stereocenters. The molecule has 6 nitrogen and oxygen atoms in total. The van der Waals surface area contributed by atoms with Gasteiger partial charge in [0.05, 0.1) is 6.54 Å². The first-order chi connectivity index (χ1) is 12.4. The van der Waals surface area contributed by atoms with Crippen LogP contribution in [0.15, 0.2) is 33.5 Å². The summed E-state index contributed by atoms with van der Waals surface area (Å²) in [7, 11) is 0. The molecule has 136 valence electrons. The lowest BCUT2D eigenvalue weighted by molar-refractivity contribution is -0.134. The lowest BCUT2D eigenvalue weighted by atomic mass is 9.73. The van der Waals surface area contributed by atoms with Gasteiger partial charge in [-0.25, -0.2) is 9.59 Å². The van der Waals surface area contributed by atoms with Crippen LogP contribution in [0.4, 0.5) is 4.79 Å². The molecule has 2 aromatic rings. The third kappa shape index (κ3) is 2.52. The van der Waals surface area contributed by atoms with Crippen molar-refractivity contribution in [3.8, 4) is 0 Å². The molecule has 0 bridgehead atoms. The first kappa shape index (κ1) is 16.8. The maximum absolute atomic E-state index is 13.1. The number of hydrogen-bond donors (Lipinski definition) is 1. The Morgan fingerprint density at radius 3 is 2.81 bits per heavy atom. The van der Waals surface area contributed by atoms with Gasteiger partial charge in [0.2, 0.25) is 0 Å². The summed E-state index contributed by atoms with van der Waals surface area (Å²) in [5, 5.41) is 3.69. The van der Waals surface area contributed by atoms with Crippen molar-refractivity contribution in [3.63, 3.8) is 0 Å². The number of benzene rings is 1. The van der Waals surface area contributed by atoms with Crippen LogP contribution < -0.4 is 10.9 Å². The fourth-order valence-corrected chi connectivity index (χ4v) is 4.28. The van der Waals surface area contributed by atoms with Gasteiger partial charge in [-0.3, -0.25) is 9.69 Å². The summed E-state index contributed by atoms with van der Waals surface area (Å²) in [6, 6.07) is 6.56. The van der Waals surface area contributed by atoms with Crippen molar-refractivity contribution in [1.82, 2.24) is 10.2 Å². The van der Waals surface area contributed by atoms with Crippen LogP contribution in [0.1, 0.15) is 43.7 Å². The third-order valence-electron chi connectivity index (χ3n) is 5.82. The van der Waals surface area contributed by atoms with Gasteiger partial charge in [0.1, 0.15) is 11.1 Å². The highest BCUT2D eigenvalue weighted by Crippen LogP contribution is 2.38. The number of rotatable bonds is 2. The predicted molar refractivity (Wildman–Crippen MR) is 96.7 cm³/mol. The van der Waals surface area contributed by atoms with Crippen molar-refractivity contribution in [2.75, 3.05) is 0 Å². The van der Waals surface area contributed by atoms with Crippen LogP contribution >= 0.6 is 0 Å². The number of carbonyl (C=O) groups is 2. The summed E-state index contributed by atoms with van der Waals surface area (Å²) in [6.07, 6.45) is 3.61. The van der Waals surface area contributed by atoms with Crippen molar-refractivity contribution < 1.29 is 14.0 Å². The van der Waals surface area contributed by atoms with E-state index in [9.17, 15) is 14.4 Å². The molecule has 1 N–H and O–H groups in total. The molecule has 1 aromatic heterocycles. The molecule has 6 heteroatoms. The monoisotopic (exact) mass is 354 g/mol. The largest absolute Gasteiger partial charge is 0.423 e. The molecule has 2 atom stereocenters. The van der Waals surface area contributed by atoms with Gasteiger partial charge < -0.3 is 9.73 Å². The highest BCUT2D eigenvalue weighted by atomic mass is 16.4. The summed E-state index contributed by atoms with van der Waals surface area (Å²) >= 11 is 0. The van der Waals surface area contributed by atoms with Crippen LogP contribution in [-0.2, 0) is 11.3 Å². The summed E-state index contributed by atoms with van der Waals surface area (Å²) in [4.78, 5) is 38.9. The van der Waals surface area contributed by atoms with Crippen molar-refractivity contribution in [2.45, 2.75) is 51.6 Å². The van der Waals surface area contributed by atoms with Gasteiger partial charge >= 0.3 is 11.7 Å². The molecule has 1 aliphatic heterocycles. The predicted octanol–water partition coefficient (Wildman–Crippen LogP) is 3.10. The molecule has 26 heavy (non-hydrogen) atoms. The van der Waals surface area contributed by atoms with Crippen molar-refractivity contribution >= 4 is 22.9 Å². The quantitative estimate of drug-likeness (QED) is 0.664. The number of amides is 3. The minimum Gasteiger partial charge on any atom is -0.423 e. The molecule has 1 saturated carbocycles. The molecule has 1 aliphatic carbocycles. The van der Waals surface area contributed by atoms with Crippen LogP contribution in [0.2, 0.25) is 0 Å². The first-order valence-corrected chi connectivity index (χ1v) is 9.08. The van der Waals surface area contributed by atoms with E-state index in [2.05, 4.69) is 5.32 Å². The van der Waals surface area contributed by atoms with Crippen molar-refractivity contribution in [2.24, 2.45) is 5.92 Å². The average Bonchev–Trinajstić information content (AvgIpc) is 2.82. The number of fused-ring (bicyclic) bond motifs is 1. The van der Waals surface area contributed by atoms with Gasteiger partial charge in [0.15, 0.2) is 0 Å². The van der Waals surface area contributed by atoms with E-state index in [0.717, 1.165) is 30.2 Å². The van der Waals surface area contributed by atoms with Crippen LogP contribution in [0.3, 0.4) is 0 Å². The molecule has 2 aliphatic rings. The van der Waals surface area contributed by atoms with E-state index in [1.807, 2.05) is 26.0 Å². The number of nitrogens with zero attached hydrogens (tertiary/aromatic N) is 1. The zero-order valence-corrected chi connectivity index (χ0v) is 15.0. The maximum Gasteiger partial charge on any atom is 0.336 e. The van der Waals surface area contributed by atoms with Gasteiger partial charge in [-0.05, 0) is 42.9 Å². The van der Waals surface area contributed by atoms with E-state index >= 15 is 0 Å². The molecular weight excluding hydrogens is 332 g/mol. The van der Waals surface area contributed by atoms with Gasteiger partial charge in [-0.2, -0.15) is 0 Å². The Kier molecular flexibility index (Phi) is 3.86. The molecule has 2 fully saturated rings. The van der Waals surface area contributed by atoms with Gasteiger partial charge in [-0.15, -0.1) is 0 Å². The number of aryl methyl sites for hydroxylation is 1. The molecule has 3 amide bonds.